The number of fused-ring (bicyclic) bond motifs is 1. The van der Waals surface area contributed by atoms with E-state index in [4.69, 9.17) is 25.8 Å². The van der Waals surface area contributed by atoms with E-state index in [1.165, 1.54) is 0 Å². The lowest BCUT2D eigenvalue weighted by Crippen LogP contribution is -2.38. The monoisotopic (exact) mass is 387 g/mol. The minimum absolute atomic E-state index is 0.0382. The molecule has 142 valence electrons. The molecule has 2 aliphatic rings. The molecular weight excluding hydrogens is 366 g/mol. The lowest BCUT2D eigenvalue weighted by atomic mass is 9.78. The molecule has 0 spiro atoms. The van der Waals surface area contributed by atoms with Crippen LogP contribution in [0.4, 0.5) is 5.69 Å². The van der Waals surface area contributed by atoms with Crippen molar-refractivity contribution in [2.45, 2.75) is 31.1 Å². The van der Waals surface area contributed by atoms with E-state index in [0.717, 1.165) is 37.0 Å². The Kier molecular flexibility index (Phi) is 4.87. The number of rotatable bonds is 4. The highest BCUT2D eigenvalue weighted by atomic mass is 35.5. The lowest BCUT2D eigenvalue weighted by Gasteiger charge is -2.29. The van der Waals surface area contributed by atoms with Gasteiger partial charge >= 0.3 is 0 Å². The Morgan fingerprint density at radius 3 is 2.33 bits per heavy atom. The van der Waals surface area contributed by atoms with Crippen molar-refractivity contribution in [1.29, 1.82) is 0 Å². The van der Waals surface area contributed by atoms with Crippen molar-refractivity contribution < 1.29 is 19.0 Å². The number of carbonyl (C=O) groups excluding carboxylic acids is 1. The summed E-state index contributed by atoms with van der Waals surface area (Å²) in [6.45, 7) is 0.980. The zero-order valence-corrected chi connectivity index (χ0v) is 16.0. The topological polar surface area (TPSA) is 56.8 Å². The second kappa shape index (κ2) is 7.31. The lowest BCUT2D eigenvalue weighted by molar-refractivity contribution is -0.121. The quantitative estimate of drug-likeness (QED) is 0.834. The smallest absolute Gasteiger partial charge is 0.235 e. The molecule has 6 heteroatoms. The predicted molar refractivity (Wildman–Crippen MR) is 104 cm³/mol. The summed E-state index contributed by atoms with van der Waals surface area (Å²) in [4.78, 5) is 13.3. The molecule has 0 atom stereocenters. The fourth-order valence-corrected chi connectivity index (χ4v) is 4.14. The number of hydrogen-bond donors (Lipinski definition) is 1. The van der Waals surface area contributed by atoms with Gasteiger partial charge in [0.25, 0.3) is 0 Å². The highest BCUT2D eigenvalue weighted by Gasteiger charge is 2.43. The third kappa shape index (κ3) is 3.32. The SMILES string of the molecule is COc1ccc(C2(C(=O)Nc3cc4c(cc3Cl)OCCO4)CCCC2)cc1. The van der Waals surface area contributed by atoms with E-state index in [-0.39, 0.29) is 5.91 Å². The molecule has 1 fully saturated rings. The van der Waals surface area contributed by atoms with Gasteiger partial charge in [0.1, 0.15) is 19.0 Å². The van der Waals surface area contributed by atoms with Gasteiger partial charge in [-0.3, -0.25) is 4.79 Å². The van der Waals surface area contributed by atoms with Crippen LogP contribution >= 0.6 is 11.6 Å². The summed E-state index contributed by atoms with van der Waals surface area (Å²) in [5.74, 6) is 1.95. The van der Waals surface area contributed by atoms with Crippen molar-refractivity contribution in [3.05, 3.63) is 47.0 Å². The normalized spacial score (nSPS) is 17.4. The highest BCUT2D eigenvalue weighted by molar-refractivity contribution is 6.34. The van der Waals surface area contributed by atoms with E-state index in [1.54, 1.807) is 19.2 Å². The van der Waals surface area contributed by atoms with E-state index < -0.39 is 5.41 Å². The number of nitrogens with one attached hydrogen (secondary N) is 1. The van der Waals surface area contributed by atoms with Gasteiger partial charge in [0.2, 0.25) is 5.91 Å². The van der Waals surface area contributed by atoms with E-state index >= 15 is 0 Å². The maximum absolute atomic E-state index is 13.3. The molecule has 2 aromatic rings. The molecule has 0 bridgehead atoms. The second-order valence-corrected chi connectivity index (χ2v) is 7.35. The Morgan fingerprint density at radius 1 is 1.07 bits per heavy atom. The summed E-state index contributed by atoms with van der Waals surface area (Å²) in [5.41, 5.74) is 1.00. The van der Waals surface area contributed by atoms with Crippen LogP contribution in [-0.2, 0) is 10.2 Å². The second-order valence-electron chi connectivity index (χ2n) is 6.95. The van der Waals surface area contributed by atoms with Crippen LogP contribution in [0.3, 0.4) is 0 Å². The molecule has 1 heterocycles. The first kappa shape index (κ1) is 18.0. The van der Waals surface area contributed by atoms with Crippen molar-refractivity contribution in [2.75, 3.05) is 25.6 Å². The number of hydrogen-bond acceptors (Lipinski definition) is 4. The first-order valence-electron chi connectivity index (χ1n) is 9.17. The standard InChI is InChI=1S/C21H22ClNO4/c1-25-15-6-4-14(5-7-15)21(8-2-3-9-21)20(24)23-17-13-19-18(12-16(17)22)26-10-11-27-19/h4-7,12-13H,2-3,8-11H2,1H3,(H,23,24). The van der Waals surface area contributed by atoms with Gasteiger partial charge in [-0.25, -0.2) is 0 Å². The average Bonchev–Trinajstić information content (AvgIpc) is 3.20. The first-order chi connectivity index (χ1) is 13.1. The number of methoxy groups -OCH3 is 1. The van der Waals surface area contributed by atoms with Crippen molar-refractivity contribution >= 4 is 23.2 Å². The van der Waals surface area contributed by atoms with Crippen LogP contribution in [0.15, 0.2) is 36.4 Å². The molecule has 0 saturated heterocycles. The van der Waals surface area contributed by atoms with Gasteiger partial charge in [-0.15, -0.1) is 0 Å². The molecule has 0 radical (unpaired) electrons. The average molecular weight is 388 g/mol. The van der Waals surface area contributed by atoms with Crippen LogP contribution in [-0.4, -0.2) is 26.2 Å². The molecule has 1 saturated carbocycles. The Labute approximate surface area is 163 Å². The Bertz CT molecular complexity index is 844. The molecule has 4 rings (SSSR count). The number of benzene rings is 2. The molecule has 2 aromatic carbocycles. The van der Waals surface area contributed by atoms with Crippen molar-refractivity contribution in [3.63, 3.8) is 0 Å². The van der Waals surface area contributed by atoms with E-state index in [9.17, 15) is 4.79 Å². The van der Waals surface area contributed by atoms with Crippen LogP contribution < -0.4 is 19.5 Å². The maximum atomic E-state index is 13.3. The van der Waals surface area contributed by atoms with Gasteiger partial charge < -0.3 is 19.5 Å². The molecule has 0 aromatic heterocycles. The molecule has 1 aliphatic heterocycles. The van der Waals surface area contributed by atoms with Gasteiger partial charge in [-0.1, -0.05) is 36.6 Å². The van der Waals surface area contributed by atoms with Gasteiger partial charge in [-0.05, 0) is 30.5 Å². The summed E-state index contributed by atoms with van der Waals surface area (Å²) in [6, 6.07) is 11.2. The van der Waals surface area contributed by atoms with Crippen LogP contribution in [0.25, 0.3) is 0 Å². The van der Waals surface area contributed by atoms with Crippen LogP contribution in [0.1, 0.15) is 31.2 Å². The molecule has 27 heavy (non-hydrogen) atoms. The maximum Gasteiger partial charge on any atom is 0.235 e. The van der Waals surface area contributed by atoms with Crippen LogP contribution in [0, 0.1) is 0 Å². The van der Waals surface area contributed by atoms with E-state index in [2.05, 4.69) is 5.32 Å². The van der Waals surface area contributed by atoms with Gasteiger partial charge in [0.05, 0.1) is 23.2 Å². The van der Waals surface area contributed by atoms with E-state index in [0.29, 0.717) is 35.4 Å². The Balaban J connectivity index is 1.63. The number of carbonyl (C=O) groups is 1. The number of amides is 1. The van der Waals surface area contributed by atoms with Gasteiger partial charge in [0.15, 0.2) is 11.5 Å². The third-order valence-corrected chi connectivity index (χ3v) is 5.73. The minimum Gasteiger partial charge on any atom is -0.497 e. The molecular formula is C21H22ClNO4. The molecule has 5 nitrogen and oxygen atoms in total. The number of halogens is 1. The zero-order chi connectivity index (χ0) is 18.9. The zero-order valence-electron chi connectivity index (χ0n) is 15.2. The largest absolute Gasteiger partial charge is 0.497 e. The summed E-state index contributed by atoms with van der Waals surface area (Å²) in [7, 11) is 1.64. The third-order valence-electron chi connectivity index (χ3n) is 5.41. The first-order valence-corrected chi connectivity index (χ1v) is 9.55. The molecule has 1 amide bonds. The summed E-state index contributed by atoms with van der Waals surface area (Å²) in [5, 5.41) is 3.47. The minimum atomic E-state index is -0.553. The molecule has 1 N–H and O–H groups in total. The Morgan fingerprint density at radius 2 is 1.70 bits per heavy atom. The fourth-order valence-electron chi connectivity index (χ4n) is 3.94. The summed E-state index contributed by atoms with van der Waals surface area (Å²) < 4.78 is 16.4. The van der Waals surface area contributed by atoms with Gasteiger partial charge in [-0.2, -0.15) is 0 Å². The Hall–Kier alpha value is -2.40. The van der Waals surface area contributed by atoms with Crippen molar-refractivity contribution in [3.8, 4) is 17.2 Å². The van der Waals surface area contributed by atoms with Crippen molar-refractivity contribution in [1.82, 2.24) is 0 Å². The number of ether oxygens (including phenoxy) is 3. The molecule has 1 aliphatic carbocycles. The van der Waals surface area contributed by atoms with Crippen molar-refractivity contribution in [2.24, 2.45) is 0 Å². The van der Waals surface area contributed by atoms with Gasteiger partial charge in [0, 0.05) is 12.1 Å². The van der Waals surface area contributed by atoms with E-state index in [1.807, 2.05) is 24.3 Å². The van der Waals surface area contributed by atoms with Crippen LogP contribution in [0.2, 0.25) is 5.02 Å². The fraction of sp³-hybridized carbons (Fsp3) is 0.381. The number of anilines is 1. The summed E-state index contributed by atoms with van der Waals surface area (Å²) >= 11 is 6.38. The molecule has 0 unspecified atom stereocenters. The summed E-state index contributed by atoms with van der Waals surface area (Å²) in [6.07, 6.45) is 3.67. The highest BCUT2D eigenvalue weighted by Crippen LogP contribution is 2.44. The predicted octanol–water partition coefficient (Wildman–Crippen LogP) is 4.57. The van der Waals surface area contributed by atoms with Crippen LogP contribution in [0.5, 0.6) is 17.2 Å².